The lowest BCUT2D eigenvalue weighted by atomic mass is 9.97. The van der Waals surface area contributed by atoms with E-state index in [0.717, 1.165) is 30.1 Å². The Hall–Kier alpha value is -0.360. The number of hydrogen-bond donors (Lipinski definition) is 2. The first-order valence-electron chi connectivity index (χ1n) is 6.36. The van der Waals surface area contributed by atoms with Crippen LogP contribution >= 0.6 is 23.5 Å². The first-order valence-corrected chi connectivity index (χ1v) is 8.56. The molecule has 0 radical (unpaired) electrons. The average molecular weight is 289 g/mol. The zero-order chi connectivity index (χ0) is 13.0. The number of thioether (sulfide) groups is 2. The molecule has 6 heteroatoms. The fourth-order valence-electron chi connectivity index (χ4n) is 2.55. The molecule has 18 heavy (non-hydrogen) atoms. The number of nitrogens with one attached hydrogen (secondary N) is 1. The Balaban J connectivity index is 1.87. The van der Waals surface area contributed by atoms with Crippen molar-refractivity contribution in [2.75, 3.05) is 17.3 Å². The molecule has 0 aromatic heterocycles. The predicted octanol–water partition coefficient (Wildman–Crippen LogP) is 1.74. The van der Waals surface area contributed by atoms with E-state index in [1.807, 2.05) is 23.5 Å². The van der Waals surface area contributed by atoms with Gasteiger partial charge in [0.05, 0.1) is 0 Å². The Morgan fingerprint density at radius 2 is 2.00 bits per heavy atom. The highest BCUT2D eigenvalue weighted by Gasteiger charge is 2.42. The fourth-order valence-corrected chi connectivity index (χ4v) is 5.23. The lowest BCUT2D eigenvalue weighted by molar-refractivity contribution is -0.147. The molecule has 1 aliphatic carbocycles. The van der Waals surface area contributed by atoms with Gasteiger partial charge in [-0.25, -0.2) is 4.79 Å². The van der Waals surface area contributed by atoms with Crippen molar-refractivity contribution in [1.82, 2.24) is 5.32 Å². The average Bonchev–Trinajstić information content (AvgIpc) is 2.80. The van der Waals surface area contributed by atoms with Crippen LogP contribution in [0, 0.1) is 0 Å². The van der Waals surface area contributed by atoms with Crippen LogP contribution in [0.2, 0.25) is 0 Å². The lowest BCUT2D eigenvalue weighted by Gasteiger charge is -2.27. The minimum atomic E-state index is -0.983. The van der Waals surface area contributed by atoms with Gasteiger partial charge in [-0.1, -0.05) is 12.8 Å². The molecule has 1 amide bonds. The van der Waals surface area contributed by atoms with Gasteiger partial charge in [0, 0.05) is 28.9 Å². The van der Waals surface area contributed by atoms with Gasteiger partial charge in [0.15, 0.2) is 0 Å². The summed E-state index contributed by atoms with van der Waals surface area (Å²) in [4.78, 5) is 23.3. The maximum absolute atomic E-state index is 12.0. The molecule has 1 aliphatic heterocycles. The molecule has 2 aliphatic rings. The summed E-state index contributed by atoms with van der Waals surface area (Å²) in [6, 6.07) is 0. The van der Waals surface area contributed by atoms with Crippen molar-refractivity contribution in [3.63, 3.8) is 0 Å². The van der Waals surface area contributed by atoms with Crippen molar-refractivity contribution in [3.8, 4) is 0 Å². The molecule has 1 heterocycles. The van der Waals surface area contributed by atoms with Crippen LogP contribution in [-0.2, 0) is 9.59 Å². The summed E-state index contributed by atoms with van der Waals surface area (Å²) in [5.74, 6) is 2.27. The SMILES string of the molecule is O=C(CC1CSCCS1)NC1(C(=O)O)CCCC1. The van der Waals surface area contributed by atoms with E-state index in [-0.39, 0.29) is 5.91 Å². The number of carboxylic acid groups (broad SMARTS) is 1. The molecule has 1 saturated carbocycles. The third kappa shape index (κ3) is 3.35. The number of amides is 1. The van der Waals surface area contributed by atoms with Crippen LogP contribution in [0.3, 0.4) is 0 Å². The predicted molar refractivity (Wildman–Crippen MR) is 75.2 cm³/mol. The van der Waals surface area contributed by atoms with E-state index in [1.165, 1.54) is 0 Å². The summed E-state index contributed by atoms with van der Waals surface area (Å²) in [5, 5.41) is 12.4. The molecule has 2 fully saturated rings. The number of rotatable bonds is 4. The third-order valence-electron chi connectivity index (χ3n) is 3.54. The number of carbonyl (C=O) groups excluding carboxylic acids is 1. The largest absolute Gasteiger partial charge is 0.480 e. The summed E-state index contributed by atoms with van der Waals surface area (Å²) < 4.78 is 0. The summed E-state index contributed by atoms with van der Waals surface area (Å²) in [7, 11) is 0. The highest BCUT2D eigenvalue weighted by molar-refractivity contribution is 8.06. The van der Waals surface area contributed by atoms with E-state index in [2.05, 4.69) is 5.32 Å². The summed E-state index contributed by atoms with van der Waals surface area (Å²) in [6.45, 7) is 0. The Kier molecular flexibility index (Phi) is 4.84. The Bertz CT molecular complexity index is 323. The molecule has 0 spiro atoms. The second kappa shape index (κ2) is 6.19. The second-order valence-electron chi connectivity index (χ2n) is 4.91. The molecule has 0 aromatic carbocycles. The van der Waals surface area contributed by atoms with Crippen LogP contribution in [0.15, 0.2) is 0 Å². The van der Waals surface area contributed by atoms with Crippen molar-refractivity contribution in [3.05, 3.63) is 0 Å². The van der Waals surface area contributed by atoms with Crippen LogP contribution < -0.4 is 5.32 Å². The highest BCUT2D eigenvalue weighted by atomic mass is 32.2. The first kappa shape index (κ1) is 14.1. The molecule has 1 unspecified atom stereocenters. The van der Waals surface area contributed by atoms with Gasteiger partial charge in [0.1, 0.15) is 5.54 Å². The smallest absolute Gasteiger partial charge is 0.329 e. The van der Waals surface area contributed by atoms with Crippen LogP contribution in [0.5, 0.6) is 0 Å². The standard InChI is InChI=1S/C12H19NO3S2/c14-10(7-9-8-17-5-6-18-9)13-12(11(15)16)3-1-2-4-12/h9H,1-8H2,(H,13,14)(H,15,16). The van der Waals surface area contributed by atoms with E-state index in [0.29, 0.717) is 24.5 Å². The summed E-state index contributed by atoms with van der Waals surface area (Å²) in [6.07, 6.45) is 3.37. The van der Waals surface area contributed by atoms with E-state index >= 15 is 0 Å². The number of aliphatic carboxylic acids is 1. The zero-order valence-electron chi connectivity index (χ0n) is 10.3. The van der Waals surface area contributed by atoms with Crippen molar-refractivity contribution < 1.29 is 14.7 Å². The topological polar surface area (TPSA) is 66.4 Å². The van der Waals surface area contributed by atoms with E-state index in [1.54, 1.807) is 0 Å². The van der Waals surface area contributed by atoms with Gasteiger partial charge in [-0.15, -0.1) is 0 Å². The zero-order valence-corrected chi connectivity index (χ0v) is 11.9. The fraction of sp³-hybridized carbons (Fsp3) is 0.833. The molecule has 2 N–H and O–H groups in total. The normalized spacial score (nSPS) is 26.8. The van der Waals surface area contributed by atoms with Crippen molar-refractivity contribution in [2.24, 2.45) is 0 Å². The minimum Gasteiger partial charge on any atom is -0.480 e. The van der Waals surface area contributed by atoms with Crippen molar-refractivity contribution in [1.29, 1.82) is 0 Å². The van der Waals surface area contributed by atoms with Gasteiger partial charge in [0.2, 0.25) is 5.91 Å². The Morgan fingerprint density at radius 1 is 1.28 bits per heavy atom. The summed E-state index contributed by atoms with van der Waals surface area (Å²) in [5.41, 5.74) is -0.983. The van der Waals surface area contributed by atoms with Gasteiger partial charge >= 0.3 is 5.97 Å². The maximum Gasteiger partial charge on any atom is 0.329 e. The molecule has 102 valence electrons. The second-order valence-corrected chi connectivity index (χ2v) is 7.47. The third-order valence-corrected chi connectivity index (χ3v) is 6.39. The lowest BCUT2D eigenvalue weighted by Crippen LogP contribution is -2.53. The summed E-state index contributed by atoms with van der Waals surface area (Å²) >= 11 is 3.70. The van der Waals surface area contributed by atoms with E-state index < -0.39 is 11.5 Å². The number of carboxylic acids is 1. The Morgan fingerprint density at radius 3 is 2.56 bits per heavy atom. The van der Waals surface area contributed by atoms with Crippen LogP contribution in [0.1, 0.15) is 32.1 Å². The van der Waals surface area contributed by atoms with Gasteiger partial charge in [-0.3, -0.25) is 4.79 Å². The molecule has 1 saturated heterocycles. The van der Waals surface area contributed by atoms with Crippen LogP contribution in [0.25, 0.3) is 0 Å². The van der Waals surface area contributed by atoms with Crippen molar-refractivity contribution in [2.45, 2.75) is 42.9 Å². The monoisotopic (exact) mass is 289 g/mol. The minimum absolute atomic E-state index is 0.0979. The molecule has 4 nitrogen and oxygen atoms in total. The number of hydrogen-bond acceptors (Lipinski definition) is 4. The Labute approximate surface area is 116 Å². The first-order chi connectivity index (χ1) is 8.62. The van der Waals surface area contributed by atoms with E-state index in [9.17, 15) is 14.7 Å². The van der Waals surface area contributed by atoms with E-state index in [4.69, 9.17) is 0 Å². The van der Waals surface area contributed by atoms with Crippen molar-refractivity contribution >= 4 is 35.4 Å². The van der Waals surface area contributed by atoms with Gasteiger partial charge in [-0.2, -0.15) is 23.5 Å². The maximum atomic E-state index is 12.0. The van der Waals surface area contributed by atoms with Crippen LogP contribution in [0.4, 0.5) is 0 Å². The molecular weight excluding hydrogens is 270 g/mol. The molecule has 1 atom stereocenters. The molecular formula is C12H19NO3S2. The van der Waals surface area contributed by atoms with Gasteiger partial charge < -0.3 is 10.4 Å². The van der Waals surface area contributed by atoms with Crippen LogP contribution in [-0.4, -0.2) is 45.0 Å². The molecule has 0 bridgehead atoms. The number of carbonyl (C=O) groups is 2. The van der Waals surface area contributed by atoms with Gasteiger partial charge in [-0.05, 0) is 12.8 Å². The quantitative estimate of drug-likeness (QED) is 0.825. The molecule has 0 aromatic rings. The molecule has 2 rings (SSSR count). The highest BCUT2D eigenvalue weighted by Crippen LogP contribution is 2.31. The van der Waals surface area contributed by atoms with Gasteiger partial charge in [0.25, 0.3) is 0 Å².